The van der Waals surface area contributed by atoms with E-state index in [2.05, 4.69) is 10.3 Å². The molecule has 2 aromatic carbocycles. The van der Waals surface area contributed by atoms with Gasteiger partial charge in [-0.05, 0) is 25.1 Å². The molecule has 0 spiro atoms. The molecule has 1 heterocycles. The normalized spacial score (nSPS) is 11.6. The SMILES string of the molecule is CC(CC(=O)OCc1csc(-c2ccccc2Cl)n1)NC(=O)c1ccccc1. The van der Waals surface area contributed by atoms with E-state index in [1.54, 1.807) is 31.2 Å². The van der Waals surface area contributed by atoms with Crippen LogP contribution in [0.5, 0.6) is 0 Å². The van der Waals surface area contributed by atoms with Gasteiger partial charge in [0.25, 0.3) is 5.91 Å². The number of hydrogen-bond donors (Lipinski definition) is 1. The van der Waals surface area contributed by atoms with Crippen LogP contribution in [0.4, 0.5) is 0 Å². The van der Waals surface area contributed by atoms with E-state index in [1.165, 1.54) is 11.3 Å². The molecule has 0 aliphatic rings. The van der Waals surface area contributed by atoms with Gasteiger partial charge in [0.2, 0.25) is 0 Å². The van der Waals surface area contributed by atoms with Gasteiger partial charge in [-0.15, -0.1) is 11.3 Å². The van der Waals surface area contributed by atoms with Crippen LogP contribution in [0.2, 0.25) is 5.02 Å². The molecule has 3 aromatic rings. The standard InChI is InChI=1S/C21H19ClN2O3S/c1-14(23-20(26)15-7-3-2-4-8-15)11-19(25)27-12-16-13-28-21(24-16)17-9-5-6-10-18(17)22/h2-10,13-14H,11-12H2,1H3,(H,23,26). The van der Waals surface area contributed by atoms with Gasteiger partial charge in [-0.3, -0.25) is 9.59 Å². The fourth-order valence-corrected chi connectivity index (χ4v) is 3.67. The highest BCUT2D eigenvalue weighted by molar-refractivity contribution is 7.13. The Morgan fingerprint density at radius 1 is 1.14 bits per heavy atom. The number of carbonyl (C=O) groups is 2. The molecule has 1 unspecified atom stereocenters. The van der Waals surface area contributed by atoms with Crippen molar-refractivity contribution in [1.29, 1.82) is 0 Å². The van der Waals surface area contributed by atoms with Gasteiger partial charge in [0.1, 0.15) is 11.6 Å². The summed E-state index contributed by atoms with van der Waals surface area (Å²) in [5.41, 5.74) is 2.07. The molecule has 28 heavy (non-hydrogen) atoms. The third-order valence-electron chi connectivity index (χ3n) is 3.92. The van der Waals surface area contributed by atoms with Crippen LogP contribution >= 0.6 is 22.9 Å². The molecule has 0 saturated carbocycles. The average Bonchev–Trinajstić information content (AvgIpc) is 3.16. The van der Waals surface area contributed by atoms with Crippen LogP contribution in [0.1, 0.15) is 29.4 Å². The predicted molar refractivity (Wildman–Crippen MR) is 110 cm³/mol. The van der Waals surface area contributed by atoms with Crippen molar-refractivity contribution in [3.05, 3.63) is 76.3 Å². The molecule has 1 aromatic heterocycles. The van der Waals surface area contributed by atoms with Crippen molar-refractivity contribution in [3.63, 3.8) is 0 Å². The maximum Gasteiger partial charge on any atom is 0.308 e. The highest BCUT2D eigenvalue weighted by Gasteiger charge is 2.15. The van der Waals surface area contributed by atoms with E-state index in [1.807, 2.05) is 35.7 Å². The number of carbonyl (C=O) groups excluding carboxylic acids is 2. The Morgan fingerprint density at radius 3 is 2.61 bits per heavy atom. The molecule has 1 amide bonds. The lowest BCUT2D eigenvalue weighted by Crippen LogP contribution is -2.34. The minimum atomic E-state index is -0.395. The Balaban J connectivity index is 1.48. The van der Waals surface area contributed by atoms with Crippen LogP contribution in [0, 0.1) is 0 Å². The van der Waals surface area contributed by atoms with Crippen LogP contribution in [0.25, 0.3) is 10.6 Å². The Kier molecular flexibility index (Phi) is 6.79. The number of nitrogens with zero attached hydrogens (tertiary/aromatic N) is 1. The number of amides is 1. The quantitative estimate of drug-likeness (QED) is 0.568. The monoisotopic (exact) mass is 414 g/mol. The molecular weight excluding hydrogens is 396 g/mol. The molecule has 7 heteroatoms. The summed E-state index contributed by atoms with van der Waals surface area (Å²) in [5, 5.41) is 6.03. The number of hydrogen-bond acceptors (Lipinski definition) is 5. The number of rotatable bonds is 7. The van der Waals surface area contributed by atoms with E-state index >= 15 is 0 Å². The van der Waals surface area contributed by atoms with Crippen LogP contribution in [0.15, 0.2) is 60.0 Å². The minimum Gasteiger partial charge on any atom is -0.459 e. The Hall–Kier alpha value is -2.70. The Morgan fingerprint density at radius 2 is 1.86 bits per heavy atom. The van der Waals surface area contributed by atoms with Gasteiger partial charge in [0, 0.05) is 22.5 Å². The van der Waals surface area contributed by atoms with E-state index in [4.69, 9.17) is 16.3 Å². The number of benzene rings is 2. The zero-order valence-corrected chi connectivity index (χ0v) is 16.8. The van der Waals surface area contributed by atoms with Crippen molar-refractivity contribution < 1.29 is 14.3 Å². The summed E-state index contributed by atoms with van der Waals surface area (Å²) in [4.78, 5) is 28.6. The summed E-state index contributed by atoms with van der Waals surface area (Å²) in [6.07, 6.45) is 0.0834. The first-order valence-electron chi connectivity index (χ1n) is 8.74. The second-order valence-corrected chi connectivity index (χ2v) is 7.49. The predicted octanol–water partition coefficient (Wildman–Crippen LogP) is 4.72. The van der Waals surface area contributed by atoms with E-state index in [0.717, 1.165) is 10.6 Å². The minimum absolute atomic E-state index is 0.0825. The second kappa shape index (κ2) is 9.48. The molecular formula is C21H19ClN2O3S. The molecule has 0 fully saturated rings. The molecule has 1 atom stereocenters. The second-order valence-electron chi connectivity index (χ2n) is 6.23. The summed E-state index contributed by atoms with van der Waals surface area (Å²) >= 11 is 7.63. The van der Waals surface area contributed by atoms with Gasteiger partial charge in [-0.1, -0.05) is 48.0 Å². The molecule has 0 bridgehead atoms. The van der Waals surface area contributed by atoms with Crippen molar-refractivity contribution in [2.24, 2.45) is 0 Å². The van der Waals surface area contributed by atoms with E-state index in [-0.39, 0.29) is 25.0 Å². The van der Waals surface area contributed by atoms with Crippen molar-refractivity contribution in [2.45, 2.75) is 26.0 Å². The van der Waals surface area contributed by atoms with E-state index < -0.39 is 5.97 Å². The van der Waals surface area contributed by atoms with Gasteiger partial charge < -0.3 is 10.1 Å². The maximum absolute atomic E-state index is 12.1. The first kappa shape index (κ1) is 20.0. The van der Waals surface area contributed by atoms with Gasteiger partial charge in [-0.2, -0.15) is 0 Å². The highest BCUT2D eigenvalue weighted by atomic mass is 35.5. The zero-order valence-electron chi connectivity index (χ0n) is 15.2. The van der Waals surface area contributed by atoms with E-state index in [9.17, 15) is 9.59 Å². The number of aromatic nitrogens is 1. The molecule has 0 saturated heterocycles. The average molecular weight is 415 g/mol. The number of halogens is 1. The molecule has 3 rings (SSSR count). The number of esters is 1. The van der Waals surface area contributed by atoms with Gasteiger partial charge in [0.15, 0.2) is 0 Å². The third-order valence-corrected chi connectivity index (χ3v) is 5.18. The summed E-state index contributed by atoms with van der Waals surface area (Å²) in [6.45, 7) is 1.85. The zero-order chi connectivity index (χ0) is 19.9. The van der Waals surface area contributed by atoms with Crippen molar-refractivity contribution in [3.8, 4) is 10.6 Å². The van der Waals surface area contributed by atoms with Gasteiger partial charge in [0.05, 0.1) is 17.1 Å². The number of thiazole rings is 1. The molecule has 5 nitrogen and oxygen atoms in total. The van der Waals surface area contributed by atoms with Crippen LogP contribution in [-0.4, -0.2) is 22.9 Å². The molecule has 0 aliphatic heterocycles. The van der Waals surface area contributed by atoms with Gasteiger partial charge in [-0.25, -0.2) is 4.98 Å². The number of nitrogens with one attached hydrogen (secondary N) is 1. The van der Waals surface area contributed by atoms with Crippen molar-refractivity contribution in [1.82, 2.24) is 10.3 Å². The topological polar surface area (TPSA) is 68.3 Å². The van der Waals surface area contributed by atoms with Crippen molar-refractivity contribution >= 4 is 34.8 Å². The highest BCUT2D eigenvalue weighted by Crippen LogP contribution is 2.30. The molecule has 0 radical (unpaired) electrons. The van der Waals surface area contributed by atoms with Gasteiger partial charge >= 0.3 is 5.97 Å². The fourth-order valence-electron chi connectivity index (χ4n) is 2.54. The summed E-state index contributed by atoms with van der Waals surface area (Å²) in [7, 11) is 0. The fraction of sp³-hybridized carbons (Fsp3) is 0.190. The lowest BCUT2D eigenvalue weighted by atomic mass is 10.2. The Labute approximate surface area is 172 Å². The Bertz CT molecular complexity index is 959. The van der Waals surface area contributed by atoms with Crippen molar-refractivity contribution in [2.75, 3.05) is 0 Å². The largest absolute Gasteiger partial charge is 0.459 e. The summed E-state index contributed by atoms with van der Waals surface area (Å²) in [6, 6.07) is 16.0. The lowest BCUT2D eigenvalue weighted by molar-refractivity contribution is -0.145. The molecule has 1 N–H and O–H groups in total. The van der Waals surface area contributed by atoms with Crippen LogP contribution in [0.3, 0.4) is 0 Å². The third kappa shape index (κ3) is 5.41. The first-order chi connectivity index (χ1) is 13.5. The maximum atomic E-state index is 12.1. The van der Waals surface area contributed by atoms with E-state index in [0.29, 0.717) is 16.3 Å². The van der Waals surface area contributed by atoms with Crippen LogP contribution < -0.4 is 5.32 Å². The van der Waals surface area contributed by atoms with Crippen LogP contribution in [-0.2, 0) is 16.1 Å². The summed E-state index contributed by atoms with van der Waals surface area (Å²) < 4.78 is 5.29. The molecule has 0 aliphatic carbocycles. The number of ether oxygens (including phenoxy) is 1. The summed E-state index contributed by atoms with van der Waals surface area (Å²) in [5.74, 6) is -0.613. The lowest BCUT2D eigenvalue weighted by Gasteiger charge is -2.13. The first-order valence-corrected chi connectivity index (χ1v) is 9.99. The smallest absolute Gasteiger partial charge is 0.308 e. The molecule has 144 valence electrons.